The van der Waals surface area contributed by atoms with Crippen molar-refractivity contribution < 1.29 is 31.9 Å². The topological polar surface area (TPSA) is 124 Å². The molecule has 1 saturated carbocycles. The van der Waals surface area contributed by atoms with Gasteiger partial charge in [0.05, 0.1) is 11.1 Å². The summed E-state index contributed by atoms with van der Waals surface area (Å²) in [5, 5.41) is 5.75. The molecule has 0 saturated heterocycles. The zero-order chi connectivity index (χ0) is 24.0. The molecule has 178 valence electrons. The molecule has 1 aromatic heterocycles. The van der Waals surface area contributed by atoms with Gasteiger partial charge in [-0.25, -0.2) is 17.8 Å². The molecule has 1 aliphatic rings. The van der Waals surface area contributed by atoms with Crippen LogP contribution < -0.4 is 15.4 Å². The predicted molar refractivity (Wildman–Crippen MR) is 117 cm³/mol. The van der Waals surface area contributed by atoms with Crippen LogP contribution in [0.1, 0.15) is 36.0 Å². The van der Waals surface area contributed by atoms with Gasteiger partial charge in [-0.1, -0.05) is 6.07 Å². The lowest BCUT2D eigenvalue weighted by atomic mass is 9.91. The number of halogens is 1. The van der Waals surface area contributed by atoms with E-state index in [0.717, 1.165) is 18.5 Å². The van der Waals surface area contributed by atoms with Gasteiger partial charge in [0.1, 0.15) is 23.7 Å². The summed E-state index contributed by atoms with van der Waals surface area (Å²) in [6, 6.07) is 6.62. The van der Waals surface area contributed by atoms with E-state index in [0.29, 0.717) is 25.7 Å². The number of hydrogen-bond donors (Lipinski definition) is 2. The summed E-state index contributed by atoms with van der Waals surface area (Å²) < 4.78 is 47.9. The van der Waals surface area contributed by atoms with Crippen molar-refractivity contribution in [3.8, 4) is 11.6 Å². The first-order valence-corrected chi connectivity index (χ1v) is 12.3. The van der Waals surface area contributed by atoms with E-state index in [-0.39, 0.29) is 46.7 Å². The van der Waals surface area contributed by atoms with E-state index >= 15 is 0 Å². The number of benzene rings is 1. The van der Waals surface area contributed by atoms with E-state index in [4.69, 9.17) is 9.47 Å². The molecule has 2 aromatic rings. The summed E-state index contributed by atoms with van der Waals surface area (Å²) in [5.74, 6) is -1.43. The molecule has 33 heavy (non-hydrogen) atoms. The second-order valence-corrected chi connectivity index (χ2v) is 9.89. The molecule has 1 fully saturated rings. The standard InChI is InChI=1S/C22H26FN3O6S/c1-31-13-20(27)25-15-6-8-16(9-7-15)26-21(28)19-10-14(23)12-24-22(19)32-17-4-3-5-18(11-17)33(2,29)30/h3-5,10-12,15-16H,6-9,13H2,1-2H3,(H,25,27)(H,26,28)/t15-,16+. The van der Waals surface area contributed by atoms with E-state index in [9.17, 15) is 22.4 Å². The monoisotopic (exact) mass is 479 g/mol. The normalized spacial score (nSPS) is 18.4. The fourth-order valence-electron chi connectivity index (χ4n) is 3.60. The van der Waals surface area contributed by atoms with Crippen LogP contribution in [0, 0.1) is 5.82 Å². The molecule has 0 spiro atoms. The first kappa shape index (κ1) is 24.6. The molecule has 0 atom stereocenters. The molecule has 2 amide bonds. The van der Waals surface area contributed by atoms with Gasteiger partial charge in [-0.3, -0.25) is 9.59 Å². The molecule has 0 unspecified atom stereocenters. The first-order valence-electron chi connectivity index (χ1n) is 10.4. The molecule has 1 aromatic carbocycles. The van der Waals surface area contributed by atoms with Gasteiger partial charge in [-0.15, -0.1) is 0 Å². The van der Waals surface area contributed by atoms with Gasteiger partial charge >= 0.3 is 0 Å². The van der Waals surface area contributed by atoms with Crippen LogP contribution in [0.4, 0.5) is 4.39 Å². The van der Waals surface area contributed by atoms with Crippen LogP contribution in [0.15, 0.2) is 41.4 Å². The number of nitrogens with one attached hydrogen (secondary N) is 2. The summed E-state index contributed by atoms with van der Waals surface area (Å²) in [4.78, 5) is 28.4. The maximum absolute atomic E-state index is 13.9. The first-order chi connectivity index (χ1) is 15.7. The average Bonchev–Trinajstić information content (AvgIpc) is 2.76. The summed E-state index contributed by atoms with van der Waals surface area (Å²) in [6.07, 6.45) is 4.63. The minimum atomic E-state index is -3.46. The lowest BCUT2D eigenvalue weighted by Gasteiger charge is -2.29. The van der Waals surface area contributed by atoms with Gasteiger partial charge in [0.15, 0.2) is 9.84 Å². The number of pyridine rings is 1. The van der Waals surface area contributed by atoms with Crippen molar-refractivity contribution >= 4 is 21.7 Å². The molecular formula is C22H26FN3O6S. The number of nitrogens with zero attached hydrogens (tertiary/aromatic N) is 1. The molecule has 3 rings (SSSR count). The van der Waals surface area contributed by atoms with E-state index in [1.807, 2.05) is 0 Å². The van der Waals surface area contributed by atoms with Crippen LogP contribution in [-0.4, -0.2) is 57.3 Å². The lowest BCUT2D eigenvalue weighted by Crippen LogP contribution is -2.44. The summed E-state index contributed by atoms with van der Waals surface area (Å²) in [6.45, 7) is -0.000886. The molecule has 2 N–H and O–H groups in total. The number of carbonyl (C=O) groups excluding carboxylic acids is 2. The Labute approximate surface area is 191 Å². The number of methoxy groups -OCH3 is 1. The van der Waals surface area contributed by atoms with Crippen molar-refractivity contribution in [1.82, 2.24) is 15.6 Å². The fraction of sp³-hybridized carbons (Fsp3) is 0.409. The summed E-state index contributed by atoms with van der Waals surface area (Å²) in [5.41, 5.74) is -0.102. The van der Waals surface area contributed by atoms with Crippen LogP contribution in [0.25, 0.3) is 0 Å². The van der Waals surface area contributed by atoms with Crippen LogP contribution in [0.5, 0.6) is 11.6 Å². The van der Waals surface area contributed by atoms with Crippen molar-refractivity contribution in [3.05, 3.63) is 47.9 Å². The number of rotatable bonds is 8. The third-order valence-electron chi connectivity index (χ3n) is 5.21. The van der Waals surface area contributed by atoms with Gasteiger partial charge in [-0.2, -0.15) is 0 Å². The highest BCUT2D eigenvalue weighted by molar-refractivity contribution is 7.90. The second-order valence-electron chi connectivity index (χ2n) is 7.88. The molecule has 0 bridgehead atoms. The minimum Gasteiger partial charge on any atom is -0.438 e. The summed E-state index contributed by atoms with van der Waals surface area (Å²) >= 11 is 0. The van der Waals surface area contributed by atoms with Crippen molar-refractivity contribution in [2.45, 2.75) is 42.7 Å². The van der Waals surface area contributed by atoms with Crippen LogP contribution in [-0.2, 0) is 19.4 Å². The van der Waals surface area contributed by atoms with Crippen molar-refractivity contribution in [1.29, 1.82) is 0 Å². The van der Waals surface area contributed by atoms with Gasteiger partial charge < -0.3 is 20.1 Å². The molecule has 0 radical (unpaired) electrons. The molecule has 1 heterocycles. The van der Waals surface area contributed by atoms with Crippen molar-refractivity contribution in [3.63, 3.8) is 0 Å². The van der Waals surface area contributed by atoms with Gasteiger partial charge in [0.2, 0.25) is 11.8 Å². The Balaban J connectivity index is 1.67. The van der Waals surface area contributed by atoms with E-state index in [1.165, 1.54) is 31.4 Å². The quantitative estimate of drug-likeness (QED) is 0.595. The molecule has 0 aliphatic heterocycles. The predicted octanol–water partition coefficient (Wildman–Crippen LogP) is 2.22. The SMILES string of the molecule is COCC(=O)N[C@H]1CC[C@@H](NC(=O)c2cc(F)cnc2Oc2cccc(S(C)(=O)=O)c2)CC1. The van der Waals surface area contributed by atoms with Crippen LogP contribution in [0.3, 0.4) is 0 Å². The zero-order valence-corrected chi connectivity index (χ0v) is 19.2. The summed E-state index contributed by atoms with van der Waals surface area (Å²) in [7, 11) is -2.01. The van der Waals surface area contributed by atoms with Gasteiger partial charge in [0, 0.05) is 25.4 Å². The highest BCUT2D eigenvalue weighted by Gasteiger charge is 2.25. The Morgan fingerprint density at radius 3 is 2.42 bits per heavy atom. The number of aromatic nitrogens is 1. The molecule has 11 heteroatoms. The molecule has 1 aliphatic carbocycles. The lowest BCUT2D eigenvalue weighted by molar-refractivity contribution is -0.125. The van der Waals surface area contributed by atoms with Gasteiger partial charge in [0.25, 0.3) is 5.91 Å². The largest absolute Gasteiger partial charge is 0.438 e. The molecule has 9 nitrogen and oxygen atoms in total. The number of carbonyl (C=O) groups is 2. The van der Waals surface area contributed by atoms with E-state index in [1.54, 1.807) is 0 Å². The Kier molecular flexibility index (Phi) is 7.98. The maximum Gasteiger partial charge on any atom is 0.257 e. The second kappa shape index (κ2) is 10.7. The van der Waals surface area contributed by atoms with Crippen molar-refractivity contribution in [2.24, 2.45) is 0 Å². The van der Waals surface area contributed by atoms with Gasteiger partial charge in [-0.05, 0) is 49.9 Å². The maximum atomic E-state index is 13.9. The number of sulfone groups is 1. The molecular weight excluding hydrogens is 453 g/mol. The fourth-order valence-corrected chi connectivity index (χ4v) is 4.25. The number of amides is 2. The average molecular weight is 480 g/mol. The Bertz CT molecular complexity index is 1120. The third-order valence-corrected chi connectivity index (χ3v) is 6.32. The van der Waals surface area contributed by atoms with E-state index in [2.05, 4.69) is 15.6 Å². The zero-order valence-electron chi connectivity index (χ0n) is 18.3. The number of hydrogen-bond acceptors (Lipinski definition) is 7. The smallest absolute Gasteiger partial charge is 0.257 e. The van der Waals surface area contributed by atoms with E-state index < -0.39 is 21.6 Å². The highest BCUT2D eigenvalue weighted by Crippen LogP contribution is 2.27. The van der Waals surface area contributed by atoms with Crippen LogP contribution in [0.2, 0.25) is 0 Å². The van der Waals surface area contributed by atoms with Crippen molar-refractivity contribution in [2.75, 3.05) is 20.0 Å². The Hall–Kier alpha value is -3.05. The third kappa shape index (κ3) is 6.96. The Morgan fingerprint density at radius 2 is 1.79 bits per heavy atom. The Morgan fingerprint density at radius 1 is 1.12 bits per heavy atom. The van der Waals surface area contributed by atoms with Crippen LogP contribution >= 0.6 is 0 Å². The highest BCUT2D eigenvalue weighted by atomic mass is 32.2. The number of ether oxygens (including phenoxy) is 2. The minimum absolute atomic E-state index is 0.000886.